The van der Waals surface area contributed by atoms with Crippen molar-refractivity contribution in [2.75, 3.05) is 7.11 Å². The molecule has 1 amide bonds. The Labute approximate surface area is 240 Å². The number of aromatic nitrogens is 2. The van der Waals surface area contributed by atoms with Crippen LogP contribution in [0.3, 0.4) is 0 Å². The molecule has 4 aromatic carbocycles. The Morgan fingerprint density at radius 2 is 1.46 bits per heavy atom. The molecule has 0 fully saturated rings. The minimum Gasteiger partial charge on any atom is -0.497 e. The molecule has 0 saturated heterocycles. The third kappa shape index (κ3) is 5.78. The number of benzene rings is 4. The van der Waals surface area contributed by atoms with Crippen molar-refractivity contribution in [3.63, 3.8) is 0 Å². The summed E-state index contributed by atoms with van der Waals surface area (Å²) in [5.74, 6) is 0.918. The first-order valence-electron chi connectivity index (χ1n) is 14.1. The molecule has 0 aliphatic carbocycles. The first kappa shape index (κ1) is 27.8. The minimum absolute atomic E-state index is 0.0121. The van der Waals surface area contributed by atoms with Crippen LogP contribution < -0.4 is 10.3 Å². The first-order valence-corrected chi connectivity index (χ1v) is 14.1. The van der Waals surface area contributed by atoms with Crippen molar-refractivity contribution in [2.24, 2.45) is 0 Å². The van der Waals surface area contributed by atoms with Crippen LogP contribution in [-0.4, -0.2) is 27.5 Å². The number of carbonyl (C=O) groups is 1. The van der Waals surface area contributed by atoms with Gasteiger partial charge in [-0.3, -0.25) is 14.2 Å². The second kappa shape index (κ2) is 12.6. The summed E-state index contributed by atoms with van der Waals surface area (Å²) >= 11 is 0. The minimum atomic E-state index is -0.458. The Bertz CT molecular complexity index is 1670. The van der Waals surface area contributed by atoms with E-state index < -0.39 is 6.04 Å². The van der Waals surface area contributed by atoms with E-state index >= 15 is 0 Å². The SMILES string of the molecule is CCC(C(=O)N(Cc1ccccc1)C(CC)c1nc2ccccc2c(=O)n1-c1ccc(OC)cc1)c1ccccc1. The summed E-state index contributed by atoms with van der Waals surface area (Å²) in [5, 5.41) is 0.526. The van der Waals surface area contributed by atoms with E-state index in [4.69, 9.17) is 9.72 Å². The summed E-state index contributed by atoms with van der Waals surface area (Å²) in [6, 6.07) is 34.2. The number of rotatable bonds is 10. The second-order valence-corrected chi connectivity index (χ2v) is 10.1. The molecule has 5 rings (SSSR count). The van der Waals surface area contributed by atoms with Crippen molar-refractivity contribution >= 4 is 16.8 Å². The molecule has 1 heterocycles. The van der Waals surface area contributed by atoms with E-state index in [1.165, 1.54) is 0 Å². The summed E-state index contributed by atoms with van der Waals surface area (Å²) in [7, 11) is 1.61. The van der Waals surface area contributed by atoms with Crippen LogP contribution in [0.15, 0.2) is 114 Å². The predicted octanol–water partition coefficient (Wildman–Crippen LogP) is 7.07. The van der Waals surface area contributed by atoms with Gasteiger partial charge in [0.15, 0.2) is 0 Å². The van der Waals surface area contributed by atoms with Crippen LogP contribution in [0, 0.1) is 0 Å². The van der Waals surface area contributed by atoms with Crippen LogP contribution in [0.1, 0.15) is 55.6 Å². The molecule has 6 heteroatoms. The monoisotopic (exact) mass is 545 g/mol. The number of fused-ring (bicyclic) bond motifs is 1. The molecular formula is C35H35N3O3. The standard InChI is InChI=1S/C35H35N3O3/c1-4-29(26-16-10-7-11-17-26)34(39)37(24-25-14-8-6-9-15-25)32(5-2)33-36-31-19-13-12-18-30(31)35(40)38(33)27-20-22-28(41-3)23-21-27/h6-23,29,32H,4-5,24H2,1-3H3. The molecule has 2 atom stereocenters. The van der Waals surface area contributed by atoms with Crippen LogP contribution in [0.25, 0.3) is 16.6 Å². The lowest BCUT2D eigenvalue weighted by molar-refractivity contribution is -0.136. The van der Waals surface area contributed by atoms with Gasteiger partial charge < -0.3 is 9.64 Å². The average molecular weight is 546 g/mol. The fourth-order valence-corrected chi connectivity index (χ4v) is 5.46. The maximum Gasteiger partial charge on any atom is 0.266 e. The molecule has 0 bridgehead atoms. The molecule has 0 aliphatic rings. The highest BCUT2D eigenvalue weighted by Gasteiger charge is 2.33. The molecule has 0 saturated carbocycles. The molecule has 5 aromatic rings. The maximum atomic E-state index is 14.5. The van der Waals surface area contributed by atoms with Gasteiger partial charge in [-0.1, -0.05) is 86.6 Å². The zero-order chi connectivity index (χ0) is 28.8. The fourth-order valence-electron chi connectivity index (χ4n) is 5.46. The number of methoxy groups -OCH3 is 1. The van der Waals surface area contributed by atoms with Crippen LogP contribution in [0.4, 0.5) is 0 Å². The van der Waals surface area contributed by atoms with Gasteiger partial charge in [0.25, 0.3) is 5.56 Å². The lowest BCUT2D eigenvalue weighted by atomic mass is 9.93. The number of nitrogens with zero attached hydrogens (tertiary/aromatic N) is 3. The lowest BCUT2D eigenvalue weighted by Crippen LogP contribution is -2.40. The zero-order valence-corrected chi connectivity index (χ0v) is 23.7. The number of hydrogen-bond donors (Lipinski definition) is 0. The van der Waals surface area contributed by atoms with Crippen molar-refractivity contribution in [1.29, 1.82) is 0 Å². The molecule has 0 N–H and O–H groups in total. The van der Waals surface area contributed by atoms with E-state index in [-0.39, 0.29) is 17.4 Å². The molecule has 0 aliphatic heterocycles. The number of carbonyl (C=O) groups excluding carboxylic acids is 1. The first-order chi connectivity index (χ1) is 20.0. The highest BCUT2D eigenvalue weighted by Crippen LogP contribution is 2.32. The molecule has 0 radical (unpaired) electrons. The molecule has 41 heavy (non-hydrogen) atoms. The highest BCUT2D eigenvalue weighted by atomic mass is 16.5. The van der Waals surface area contributed by atoms with E-state index in [0.29, 0.717) is 47.6 Å². The topological polar surface area (TPSA) is 64.4 Å². The van der Waals surface area contributed by atoms with Crippen LogP contribution in [-0.2, 0) is 11.3 Å². The van der Waals surface area contributed by atoms with Gasteiger partial charge in [0.1, 0.15) is 11.6 Å². The Kier molecular flexibility index (Phi) is 8.59. The van der Waals surface area contributed by atoms with Crippen molar-refractivity contribution in [1.82, 2.24) is 14.5 Å². The average Bonchev–Trinajstić information content (AvgIpc) is 3.02. The van der Waals surface area contributed by atoms with Crippen molar-refractivity contribution < 1.29 is 9.53 Å². The smallest absolute Gasteiger partial charge is 0.266 e. The van der Waals surface area contributed by atoms with E-state index in [0.717, 1.165) is 11.1 Å². The van der Waals surface area contributed by atoms with Gasteiger partial charge in [0.05, 0.1) is 35.7 Å². The number of hydrogen-bond acceptors (Lipinski definition) is 4. The van der Waals surface area contributed by atoms with E-state index in [1.807, 2.05) is 122 Å². The maximum absolute atomic E-state index is 14.5. The molecule has 2 unspecified atom stereocenters. The Morgan fingerprint density at radius 1 is 0.829 bits per heavy atom. The summed E-state index contributed by atoms with van der Waals surface area (Å²) < 4.78 is 7.02. The van der Waals surface area contributed by atoms with Crippen LogP contribution in [0.2, 0.25) is 0 Å². The molecule has 0 spiro atoms. The fraction of sp³-hybridized carbons (Fsp3) is 0.229. The van der Waals surface area contributed by atoms with Crippen LogP contribution >= 0.6 is 0 Å². The molecule has 6 nitrogen and oxygen atoms in total. The van der Waals surface area contributed by atoms with Crippen LogP contribution in [0.5, 0.6) is 5.75 Å². The van der Waals surface area contributed by atoms with E-state index in [1.54, 1.807) is 17.7 Å². The normalized spacial score (nSPS) is 12.6. The summed E-state index contributed by atoms with van der Waals surface area (Å²) in [5.41, 5.74) is 3.10. The van der Waals surface area contributed by atoms with Gasteiger partial charge in [-0.15, -0.1) is 0 Å². The van der Waals surface area contributed by atoms with E-state index in [9.17, 15) is 9.59 Å². The molecule has 208 valence electrons. The predicted molar refractivity (Wildman–Crippen MR) is 163 cm³/mol. The molecular weight excluding hydrogens is 510 g/mol. The van der Waals surface area contributed by atoms with Crippen molar-refractivity contribution in [3.8, 4) is 11.4 Å². The molecule has 1 aromatic heterocycles. The van der Waals surface area contributed by atoms with Crippen molar-refractivity contribution in [2.45, 2.75) is 45.2 Å². The largest absolute Gasteiger partial charge is 0.497 e. The van der Waals surface area contributed by atoms with Gasteiger partial charge in [0.2, 0.25) is 5.91 Å². The quantitative estimate of drug-likeness (QED) is 0.188. The third-order valence-corrected chi connectivity index (χ3v) is 7.58. The summed E-state index contributed by atoms with van der Waals surface area (Å²) in [6.45, 7) is 4.48. The Morgan fingerprint density at radius 3 is 2.10 bits per heavy atom. The van der Waals surface area contributed by atoms with Gasteiger partial charge in [-0.05, 0) is 60.4 Å². The van der Waals surface area contributed by atoms with Gasteiger partial charge >= 0.3 is 0 Å². The van der Waals surface area contributed by atoms with Gasteiger partial charge in [-0.2, -0.15) is 0 Å². The van der Waals surface area contributed by atoms with E-state index in [2.05, 4.69) is 0 Å². The summed E-state index contributed by atoms with van der Waals surface area (Å²) in [6.07, 6.45) is 1.23. The number of ether oxygens (including phenoxy) is 1. The Balaban J connectivity index is 1.71. The summed E-state index contributed by atoms with van der Waals surface area (Å²) in [4.78, 5) is 35.6. The number of para-hydroxylation sites is 1. The second-order valence-electron chi connectivity index (χ2n) is 10.1. The number of amides is 1. The zero-order valence-electron chi connectivity index (χ0n) is 23.7. The van der Waals surface area contributed by atoms with Gasteiger partial charge in [-0.25, -0.2) is 4.98 Å². The highest BCUT2D eigenvalue weighted by molar-refractivity contribution is 5.84. The van der Waals surface area contributed by atoms with Crippen molar-refractivity contribution in [3.05, 3.63) is 136 Å². The Hall–Kier alpha value is -4.71. The lowest BCUT2D eigenvalue weighted by Gasteiger charge is -2.35. The van der Waals surface area contributed by atoms with Gasteiger partial charge in [0, 0.05) is 6.54 Å². The third-order valence-electron chi connectivity index (χ3n) is 7.58.